The molecule has 0 N–H and O–H groups in total. The maximum atomic E-state index is 5.43. The van der Waals surface area contributed by atoms with Crippen LogP contribution in [0.1, 0.15) is 39.5 Å². The lowest BCUT2D eigenvalue weighted by Gasteiger charge is -2.37. The minimum atomic E-state index is 0.859. The van der Waals surface area contributed by atoms with E-state index in [0.717, 1.165) is 31.0 Å². The summed E-state index contributed by atoms with van der Waals surface area (Å²) in [6, 6.07) is 0. The molecule has 2 rings (SSSR count). The Balaban J connectivity index is 1.75. The summed E-state index contributed by atoms with van der Waals surface area (Å²) in [7, 11) is 0. The Morgan fingerprint density at radius 1 is 1.19 bits per heavy atom. The molecular weight excluding hydrogens is 198 g/mol. The summed E-state index contributed by atoms with van der Waals surface area (Å²) in [4.78, 5) is 2.71. The Hall–Kier alpha value is -0.0800. The van der Waals surface area contributed by atoms with Crippen LogP contribution >= 0.6 is 0 Å². The second kappa shape index (κ2) is 6.02. The van der Waals surface area contributed by atoms with Crippen molar-refractivity contribution in [3.8, 4) is 0 Å². The summed E-state index contributed by atoms with van der Waals surface area (Å²) < 4.78 is 5.43. The molecule has 0 aromatic rings. The number of nitrogens with zero attached hydrogens (tertiary/aromatic N) is 1. The van der Waals surface area contributed by atoms with Gasteiger partial charge in [0, 0.05) is 26.3 Å². The lowest BCUT2D eigenvalue weighted by Crippen LogP contribution is -2.41. The van der Waals surface area contributed by atoms with Gasteiger partial charge in [-0.25, -0.2) is 0 Å². The zero-order valence-corrected chi connectivity index (χ0v) is 11.0. The van der Waals surface area contributed by atoms with Gasteiger partial charge in [0.25, 0.3) is 0 Å². The van der Waals surface area contributed by atoms with Gasteiger partial charge in [-0.3, -0.25) is 0 Å². The minimum Gasteiger partial charge on any atom is -0.381 e. The van der Waals surface area contributed by atoms with E-state index in [2.05, 4.69) is 18.7 Å². The molecule has 0 aliphatic carbocycles. The molecule has 0 aromatic carbocycles. The fourth-order valence-corrected chi connectivity index (χ4v) is 3.10. The van der Waals surface area contributed by atoms with Gasteiger partial charge in [0.15, 0.2) is 0 Å². The Kier molecular flexibility index (Phi) is 4.66. The molecule has 2 heteroatoms. The summed E-state index contributed by atoms with van der Waals surface area (Å²) in [5.41, 5.74) is 0. The largest absolute Gasteiger partial charge is 0.381 e. The summed E-state index contributed by atoms with van der Waals surface area (Å²) in [6.07, 6.45) is 5.42. The number of hydrogen-bond acceptors (Lipinski definition) is 2. The van der Waals surface area contributed by atoms with Crippen molar-refractivity contribution >= 4 is 0 Å². The molecule has 2 saturated heterocycles. The number of likely N-dealkylation sites (tertiary alicyclic amines) is 1. The van der Waals surface area contributed by atoms with Crippen LogP contribution in [0.25, 0.3) is 0 Å². The average Bonchev–Trinajstić information content (AvgIpc) is 2.30. The fraction of sp³-hybridized carbons (Fsp3) is 1.00. The van der Waals surface area contributed by atoms with Crippen molar-refractivity contribution in [2.75, 3.05) is 32.8 Å². The highest BCUT2D eigenvalue weighted by molar-refractivity contribution is 4.77. The highest BCUT2D eigenvalue weighted by atomic mass is 16.5. The Morgan fingerprint density at radius 2 is 1.94 bits per heavy atom. The highest BCUT2D eigenvalue weighted by Crippen LogP contribution is 2.25. The molecule has 2 heterocycles. The molecule has 0 bridgehead atoms. The molecule has 0 saturated carbocycles. The highest BCUT2D eigenvalue weighted by Gasteiger charge is 2.24. The van der Waals surface area contributed by atoms with Gasteiger partial charge in [0.05, 0.1) is 0 Å². The zero-order chi connectivity index (χ0) is 11.4. The molecule has 94 valence electrons. The summed E-state index contributed by atoms with van der Waals surface area (Å²) in [5.74, 6) is 2.70. The van der Waals surface area contributed by atoms with E-state index in [9.17, 15) is 0 Å². The van der Waals surface area contributed by atoms with Crippen molar-refractivity contribution in [2.24, 2.45) is 17.8 Å². The summed E-state index contributed by atoms with van der Waals surface area (Å²) >= 11 is 0. The van der Waals surface area contributed by atoms with Crippen LogP contribution in [-0.2, 0) is 4.74 Å². The van der Waals surface area contributed by atoms with Gasteiger partial charge in [-0.15, -0.1) is 0 Å². The van der Waals surface area contributed by atoms with E-state index >= 15 is 0 Å². The van der Waals surface area contributed by atoms with Crippen molar-refractivity contribution in [1.29, 1.82) is 0 Å². The van der Waals surface area contributed by atoms with E-state index in [0.29, 0.717) is 0 Å². The van der Waals surface area contributed by atoms with Gasteiger partial charge < -0.3 is 9.64 Å². The van der Waals surface area contributed by atoms with Crippen LogP contribution < -0.4 is 0 Å². The molecule has 2 fully saturated rings. The summed E-state index contributed by atoms with van der Waals surface area (Å²) in [6.45, 7) is 10.7. The summed E-state index contributed by atoms with van der Waals surface area (Å²) in [5, 5.41) is 0. The quantitative estimate of drug-likeness (QED) is 0.732. The number of hydrogen-bond donors (Lipinski definition) is 0. The third-order valence-corrected chi connectivity index (χ3v) is 4.34. The maximum absolute atomic E-state index is 5.43. The van der Waals surface area contributed by atoms with Crippen LogP contribution in [0.2, 0.25) is 0 Å². The first-order chi connectivity index (χ1) is 7.75. The lowest BCUT2D eigenvalue weighted by atomic mass is 9.87. The average molecular weight is 225 g/mol. The van der Waals surface area contributed by atoms with E-state index in [1.54, 1.807) is 0 Å². The number of ether oxygens (including phenoxy) is 1. The SMILES string of the molecule is CC(C)[C@@H]1CCCN(CC2CCOCC2)C1. The van der Waals surface area contributed by atoms with Crippen LogP contribution in [0.4, 0.5) is 0 Å². The third-order valence-electron chi connectivity index (χ3n) is 4.34. The van der Waals surface area contributed by atoms with Gasteiger partial charge in [-0.1, -0.05) is 13.8 Å². The van der Waals surface area contributed by atoms with Crippen LogP contribution in [0.15, 0.2) is 0 Å². The van der Waals surface area contributed by atoms with Crippen molar-refractivity contribution in [3.63, 3.8) is 0 Å². The molecule has 0 amide bonds. The molecule has 2 nitrogen and oxygen atoms in total. The molecule has 16 heavy (non-hydrogen) atoms. The topological polar surface area (TPSA) is 12.5 Å². The molecule has 1 atom stereocenters. The van der Waals surface area contributed by atoms with Gasteiger partial charge in [0.2, 0.25) is 0 Å². The first-order valence-corrected chi connectivity index (χ1v) is 7.06. The number of rotatable bonds is 3. The van der Waals surface area contributed by atoms with Crippen LogP contribution in [-0.4, -0.2) is 37.7 Å². The number of piperidine rings is 1. The van der Waals surface area contributed by atoms with E-state index < -0.39 is 0 Å². The van der Waals surface area contributed by atoms with E-state index in [-0.39, 0.29) is 0 Å². The fourth-order valence-electron chi connectivity index (χ4n) is 3.10. The van der Waals surface area contributed by atoms with Crippen molar-refractivity contribution < 1.29 is 4.74 Å². The first-order valence-electron chi connectivity index (χ1n) is 7.06. The third kappa shape index (κ3) is 3.46. The zero-order valence-electron chi connectivity index (χ0n) is 11.0. The maximum Gasteiger partial charge on any atom is 0.0469 e. The standard InChI is InChI=1S/C14H27NO/c1-12(2)14-4-3-7-15(11-14)10-13-5-8-16-9-6-13/h12-14H,3-11H2,1-2H3/t14-/m1/s1. The Labute approximate surface area is 100 Å². The molecule has 2 aliphatic heterocycles. The molecular formula is C14H27NO. The van der Waals surface area contributed by atoms with E-state index in [1.807, 2.05) is 0 Å². The van der Waals surface area contributed by atoms with Crippen LogP contribution in [0.5, 0.6) is 0 Å². The molecule has 0 spiro atoms. The van der Waals surface area contributed by atoms with Gasteiger partial charge in [-0.2, -0.15) is 0 Å². The van der Waals surface area contributed by atoms with Gasteiger partial charge >= 0.3 is 0 Å². The van der Waals surface area contributed by atoms with Crippen molar-refractivity contribution in [3.05, 3.63) is 0 Å². The minimum absolute atomic E-state index is 0.859. The van der Waals surface area contributed by atoms with Crippen molar-refractivity contribution in [2.45, 2.75) is 39.5 Å². The molecule has 2 aliphatic rings. The second-order valence-electron chi connectivity index (χ2n) is 5.96. The van der Waals surface area contributed by atoms with Gasteiger partial charge in [-0.05, 0) is 50.0 Å². The lowest BCUT2D eigenvalue weighted by molar-refractivity contribution is 0.0423. The molecule has 0 radical (unpaired) electrons. The van der Waals surface area contributed by atoms with Gasteiger partial charge in [0.1, 0.15) is 0 Å². The van der Waals surface area contributed by atoms with E-state index in [4.69, 9.17) is 4.74 Å². The van der Waals surface area contributed by atoms with E-state index in [1.165, 1.54) is 45.3 Å². The Morgan fingerprint density at radius 3 is 2.62 bits per heavy atom. The smallest absolute Gasteiger partial charge is 0.0469 e. The van der Waals surface area contributed by atoms with Crippen LogP contribution in [0.3, 0.4) is 0 Å². The second-order valence-corrected chi connectivity index (χ2v) is 5.96. The predicted molar refractivity (Wildman–Crippen MR) is 67.5 cm³/mol. The predicted octanol–water partition coefficient (Wildman–Crippen LogP) is 2.78. The molecule has 0 unspecified atom stereocenters. The van der Waals surface area contributed by atoms with Crippen LogP contribution in [0, 0.1) is 17.8 Å². The normalized spacial score (nSPS) is 29.8. The first kappa shape index (κ1) is 12.4. The Bertz CT molecular complexity index is 199. The molecule has 0 aromatic heterocycles. The monoisotopic (exact) mass is 225 g/mol. The van der Waals surface area contributed by atoms with Crippen molar-refractivity contribution in [1.82, 2.24) is 4.90 Å².